The van der Waals surface area contributed by atoms with E-state index in [9.17, 15) is 5.11 Å². The molecule has 0 amide bonds. The molecule has 0 aliphatic rings. The van der Waals surface area contributed by atoms with E-state index in [-0.39, 0.29) is 0 Å². The zero-order valence-corrected chi connectivity index (χ0v) is 10.4. The van der Waals surface area contributed by atoms with Crippen LogP contribution in [-0.4, -0.2) is 5.11 Å². The molecule has 0 heterocycles. The highest BCUT2D eigenvalue weighted by atomic mass is 16.3. The Morgan fingerprint density at radius 1 is 1.00 bits per heavy atom. The van der Waals surface area contributed by atoms with Crippen molar-refractivity contribution in [3.05, 3.63) is 23.3 Å². The van der Waals surface area contributed by atoms with Gasteiger partial charge in [0.15, 0.2) is 0 Å². The van der Waals surface area contributed by atoms with E-state index in [1.54, 1.807) is 12.1 Å². The number of nitrogens with two attached hydrogens (primary N) is 1. The number of phenolic OH excluding ortho intramolecular Hbond substituents is 1. The molecule has 0 unspecified atom stereocenters. The molecule has 90 valence electrons. The normalized spacial score (nSPS) is 10.6. The lowest BCUT2D eigenvalue weighted by Crippen LogP contribution is -2.00. The number of aryl methyl sites for hydroxylation is 2. The smallest absolute Gasteiger partial charge is 0.116 e. The van der Waals surface area contributed by atoms with Crippen LogP contribution in [0.5, 0.6) is 5.75 Å². The van der Waals surface area contributed by atoms with Gasteiger partial charge in [-0.3, -0.25) is 0 Å². The van der Waals surface area contributed by atoms with Crippen LogP contribution in [-0.2, 0) is 12.8 Å². The average molecular weight is 221 g/mol. The molecule has 3 N–H and O–H groups in total. The summed E-state index contributed by atoms with van der Waals surface area (Å²) in [5, 5.41) is 9.66. The predicted molar refractivity (Wildman–Crippen MR) is 69.7 cm³/mol. The molecule has 0 saturated heterocycles. The lowest BCUT2D eigenvalue weighted by atomic mass is 9.99. The molecule has 2 nitrogen and oxygen atoms in total. The van der Waals surface area contributed by atoms with E-state index < -0.39 is 0 Å². The minimum Gasteiger partial charge on any atom is -0.508 e. The minimum atomic E-state index is 0.353. The molecule has 1 rings (SSSR count). The van der Waals surface area contributed by atoms with Crippen molar-refractivity contribution in [1.82, 2.24) is 0 Å². The zero-order valence-electron chi connectivity index (χ0n) is 10.4. The first-order chi connectivity index (χ1) is 7.69. The summed E-state index contributed by atoms with van der Waals surface area (Å²) in [6, 6.07) is 3.61. The van der Waals surface area contributed by atoms with Crippen molar-refractivity contribution in [2.24, 2.45) is 0 Å². The standard InChI is InChI=1S/C14H23NO/c1-3-5-7-11-9-13(16)10-12(14(11)15)8-6-4-2/h9-10,16H,3-8,15H2,1-2H3. The fraction of sp³-hybridized carbons (Fsp3) is 0.571. The summed E-state index contributed by atoms with van der Waals surface area (Å²) in [5.74, 6) is 0.353. The molecule has 0 bridgehead atoms. The molecule has 0 atom stereocenters. The molecule has 1 aromatic carbocycles. The highest BCUT2D eigenvalue weighted by Gasteiger charge is 2.07. The van der Waals surface area contributed by atoms with Gasteiger partial charge in [-0.15, -0.1) is 0 Å². The van der Waals surface area contributed by atoms with Crippen LogP contribution in [0.1, 0.15) is 50.7 Å². The number of rotatable bonds is 6. The number of hydrogen-bond acceptors (Lipinski definition) is 2. The molecule has 0 spiro atoms. The Hall–Kier alpha value is -1.18. The number of aromatic hydroxyl groups is 1. The van der Waals surface area contributed by atoms with Crippen molar-refractivity contribution in [3.63, 3.8) is 0 Å². The van der Waals surface area contributed by atoms with Gasteiger partial charge in [-0.25, -0.2) is 0 Å². The summed E-state index contributed by atoms with van der Waals surface area (Å²) >= 11 is 0. The molecule has 16 heavy (non-hydrogen) atoms. The summed E-state index contributed by atoms with van der Waals surface area (Å²) in [4.78, 5) is 0. The van der Waals surface area contributed by atoms with E-state index >= 15 is 0 Å². The Bertz CT molecular complexity index is 305. The lowest BCUT2D eigenvalue weighted by Gasteiger charge is -2.11. The summed E-state index contributed by atoms with van der Waals surface area (Å²) in [6.45, 7) is 4.33. The Balaban J connectivity index is 2.86. The van der Waals surface area contributed by atoms with Gasteiger partial charge in [-0.05, 0) is 48.9 Å². The Morgan fingerprint density at radius 2 is 1.44 bits per heavy atom. The molecular formula is C14H23NO. The van der Waals surface area contributed by atoms with Crippen LogP contribution in [0.25, 0.3) is 0 Å². The SMILES string of the molecule is CCCCc1cc(O)cc(CCCC)c1N. The first kappa shape index (κ1) is 12.9. The maximum Gasteiger partial charge on any atom is 0.116 e. The minimum absolute atomic E-state index is 0.353. The second kappa shape index (κ2) is 6.41. The highest BCUT2D eigenvalue weighted by Crippen LogP contribution is 2.26. The zero-order chi connectivity index (χ0) is 12.0. The molecule has 0 radical (unpaired) electrons. The van der Waals surface area contributed by atoms with E-state index in [0.717, 1.165) is 55.3 Å². The van der Waals surface area contributed by atoms with Gasteiger partial charge in [-0.1, -0.05) is 26.7 Å². The fourth-order valence-corrected chi connectivity index (χ4v) is 1.91. The van der Waals surface area contributed by atoms with Crippen LogP contribution in [0.15, 0.2) is 12.1 Å². The first-order valence-electron chi connectivity index (χ1n) is 6.29. The van der Waals surface area contributed by atoms with Gasteiger partial charge in [0, 0.05) is 5.69 Å². The van der Waals surface area contributed by atoms with E-state index in [1.165, 1.54) is 0 Å². The van der Waals surface area contributed by atoms with E-state index in [2.05, 4.69) is 13.8 Å². The number of hydrogen-bond donors (Lipinski definition) is 2. The van der Waals surface area contributed by atoms with Crippen molar-refractivity contribution in [1.29, 1.82) is 0 Å². The van der Waals surface area contributed by atoms with Crippen molar-refractivity contribution in [2.75, 3.05) is 5.73 Å². The van der Waals surface area contributed by atoms with Crippen LogP contribution in [0.3, 0.4) is 0 Å². The highest BCUT2D eigenvalue weighted by molar-refractivity contribution is 5.57. The first-order valence-corrected chi connectivity index (χ1v) is 6.29. The van der Waals surface area contributed by atoms with Gasteiger partial charge >= 0.3 is 0 Å². The number of benzene rings is 1. The van der Waals surface area contributed by atoms with Crippen molar-refractivity contribution in [3.8, 4) is 5.75 Å². The summed E-state index contributed by atoms with van der Waals surface area (Å²) in [5.41, 5.74) is 9.22. The second-order valence-electron chi connectivity index (χ2n) is 4.38. The van der Waals surface area contributed by atoms with Crippen LogP contribution >= 0.6 is 0 Å². The van der Waals surface area contributed by atoms with Gasteiger partial charge in [0.05, 0.1) is 0 Å². The van der Waals surface area contributed by atoms with Gasteiger partial charge in [0.25, 0.3) is 0 Å². The van der Waals surface area contributed by atoms with E-state index in [1.807, 2.05) is 0 Å². The van der Waals surface area contributed by atoms with Gasteiger partial charge in [-0.2, -0.15) is 0 Å². The maximum absolute atomic E-state index is 9.66. The van der Waals surface area contributed by atoms with Crippen LogP contribution in [0.4, 0.5) is 5.69 Å². The molecule has 0 saturated carbocycles. The van der Waals surface area contributed by atoms with E-state index in [0.29, 0.717) is 5.75 Å². The Kier molecular flexibility index (Phi) is 5.17. The maximum atomic E-state index is 9.66. The van der Waals surface area contributed by atoms with Crippen LogP contribution in [0.2, 0.25) is 0 Å². The molecular weight excluding hydrogens is 198 g/mol. The summed E-state index contributed by atoms with van der Waals surface area (Å²) in [6.07, 6.45) is 6.49. The molecule has 0 aliphatic heterocycles. The number of anilines is 1. The third kappa shape index (κ3) is 3.44. The molecule has 0 aromatic heterocycles. The largest absolute Gasteiger partial charge is 0.508 e. The van der Waals surface area contributed by atoms with Crippen LogP contribution in [0, 0.1) is 0 Å². The molecule has 2 heteroatoms. The average Bonchev–Trinajstić information content (AvgIpc) is 2.28. The van der Waals surface area contributed by atoms with Crippen LogP contribution < -0.4 is 5.73 Å². The van der Waals surface area contributed by atoms with Gasteiger partial charge in [0.2, 0.25) is 0 Å². The Morgan fingerprint density at radius 3 is 1.81 bits per heavy atom. The Labute approximate surface area is 98.5 Å². The van der Waals surface area contributed by atoms with Crippen molar-refractivity contribution < 1.29 is 5.11 Å². The number of unbranched alkanes of at least 4 members (excludes halogenated alkanes) is 2. The topological polar surface area (TPSA) is 46.2 Å². The number of phenols is 1. The molecule has 0 fully saturated rings. The van der Waals surface area contributed by atoms with Crippen molar-refractivity contribution in [2.45, 2.75) is 52.4 Å². The quantitative estimate of drug-likeness (QED) is 0.569. The van der Waals surface area contributed by atoms with Crippen molar-refractivity contribution >= 4 is 5.69 Å². The van der Waals surface area contributed by atoms with Gasteiger partial charge in [0.1, 0.15) is 5.75 Å². The summed E-state index contributed by atoms with van der Waals surface area (Å²) < 4.78 is 0. The fourth-order valence-electron chi connectivity index (χ4n) is 1.91. The third-order valence-electron chi connectivity index (χ3n) is 2.94. The molecule has 0 aliphatic carbocycles. The predicted octanol–water partition coefficient (Wildman–Crippen LogP) is 3.66. The van der Waals surface area contributed by atoms with Gasteiger partial charge < -0.3 is 10.8 Å². The second-order valence-corrected chi connectivity index (χ2v) is 4.38. The molecule has 1 aromatic rings. The third-order valence-corrected chi connectivity index (χ3v) is 2.94. The monoisotopic (exact) mass is 221 g/mol. The summed E-state index contributed by atoms with van der Waals surface area (Å²) in [7, 11) is 0. The van der Waals surface area contributed by atoms with E-state index in [4.69, 9.17) is 5.73 Å². The number of nitrogen functional groups attached to an aromatic ring is 1. The lowest BCUT2D eigenvalue weighted by molar-refractivity contribution is 0.473.